The van der Waals surface area contributed by atoms with E-state index < -0.39 is 21.2 Å². The second-order valence-corrected chi connectivity index (χ2v) is 10.9. The average Bonchev–Trinajstić information content (AvgIpc) is 3.21. The number of amides is 2. The van der Waals surface area contributed by atoms with Crippen LogP contribution in [0.15, 0.2) is 76.5 Å². The molecule has 3 heterocycles. The molecule has 184 valence electrons. The maximum atomic E-state index is 13.0. The van der Waals surface area contributed by atoms with Gasteiger partial charge in [-0.2, -0.15) is 9.29 Å². The van der Waals surface area contributed by atoms with Gasteiger partial charge in [0.1, 0.15) is 5.75 Å². The van der Waals surface area contributed by atoms with Crippen LogP contribution in [-0.4, -0.2) is 60.0 Å². The van der Waals surface area contributed by atoms with Crippen molar-refractivity contribution in [2.24, 2.45) is 0 Å². The zero-order valence-corrected chi connectivity index (χ0v) is 20.5. The van der Waals surface area contributed by atoms with Crippen LogP contribution in [-0.2, 0) is 14.8 Å². The van der Waals surface area contributed by atoms with Crippen molar-refractivity contribution in [3.63, 3.8) is 0 Å². The first kappa shape index (κ1) is 24.0. The summed E-state index contributed by atoms with van der Waals surface area (Å²) in [5, 5.41) is 1.77. The van der Waals surface area contributed by atoms with Gasteiger partial charge in [0, 0.05) is 32.2 Å². The Bertz CT molecular complexity index is 1420. The Kier molecular flexibility index (Phi) is 6.72. The first-order valence-electron chi connectivity index (χ1n) is 11.1. The van der Waals surface area contributed by atoms with Crippen LogP contribution in [0.1, 0.15) is 5.69 Å². The number of hydrogen-bond donors (Lipinski definition) is 1. The monoisotopic (exact) mass is 523 g/mol. The van der Waals surface area contributed by atoms with E-state index in [1.807, 2.05) is 23.1 Å². The van der Waals surface area contributed by atoms with Gasteiger partial charge >= 0.3 is 0 Å². The lowest BCUT2D eigenvalue weighted by atomic mass is 10.3. The van der Waals surface area contributed by atoms with Crippen LogP contribution >= 0.6 is 11.8 Å². The first-order valence-corrected chi connectivity index (χ1v) is 13.3. The Morgan fingerprint density at radius 1 is 0.917 bits per heavy atom. The number of carbonyl (C=O) groups is 2. The lowest BCUT2D eigenvalue weighted by molar-refractivity contribution is -0.115. The highest BCUT2D eigenvalue weighted by molar-refractivity contribution is 8.18. The van der Waals surface area contributed by atoms with Gasteiger partial charge in [0.25, 0.3) is 11.1 Å². The summed E-state index contributed by atoms with van der Waals surface area (Å²) in [5.41, 5.74) is 0.387. The van der Waals surface area contributed by atoms with Crippen LogP contribution in [0.3, 0.4) is 0 Å². The molecule has 5 rings (SSSR count). The highest BCUT2D eigenvalue weighted by Crippen LogP contribution is 2.28. The number of aromatic nitrogens is 2. The fourth-order valence-corrected chi connectivity index (χ4v) is 5.84. The molecular formula is C24H21N5O5S2. The summed E-state index contributed by atoms with van der Waals surface area (Å²) in [4.78, 5) is 35.0. The van der Waals surface area contributed by atoms with Gasteiger partial charge in [0.15, 0.2) is 0 Å². The van der Waals surface area contributed by atoms with Gasteiger partial charge in [-0.05, 0) is 42.1 Å². The smallest absolute Gasteiger partial charge is 0.290 e. The molecule has 0 atom stereocenters. The van der Waals surface area contributed by atoms with Gasteiger partial charge in [0.2, 0.25) is 21.9 Å². The lowest BCUT2D eigenvalue weighted by Crippen LogP contribution is -2.49. The van der Waals surface area contributed by atoms with Gasteiger partial charge in [0.05, 0.1) is 15.5 Å². The molecular weight excluding hydrogens is 502 g/mol. The largest absolute Gasteiger partial charge is 0.439 e. The summed E-state index contributed by atoms with van der Waals surface area (Å²) >= 11 is 0.794. The third-order valence-electron chi connectivity index (χ3n) is 5.50. The Morgan fingerprint density at radius 3 is 2.22 bits per heavy atom. The van der Waals surface area contributed by atoms with Crippen molar-refractivity contribution in [3.8, 4) is 11.6 Å². The first-order chi connectivity index (χ1) is 17.4. The number of imide groups is 1. The maximum Gasteiger partial charge on any atom is 0.290 e. The standard InChI is InChI=1S/C24H21N5O5S2/c30-22-20(35-24(31)27-22)15-17-16-21(34-18-7-3-1-4-8-18)26-23(25-17)28-11-13-29(14-12-28)36(32,33)19-9-5-2-6-10-19/h1-10,15-16H,11-14H2,(H,27,30,31). The molecule has 0 aliphatic carbocycles. The Hall–Kier alpha value is -3.74. The summed E-state index contributed by atoms with van der Waals surface area (Å²) < 4.78 is 33.3. The predicted molar refractivity (Wildman–Crippen MR) is 135 cm³/mol. The van der Waals surface area contributed by atoms with E-state index in [2.05, 4.69) is 15.3 Å². The van der Waals surface area contributed by atoms with Gasteiger partial charge in [-0.1, -0.05) is 36.4 Å². The number of anilines is 1. The third kappa shape index (κ3) is 5.25. The molecule has 10 nitrogen and oxygen atoms in total. The summed E-state index contributed by atoms with van der Waals surface area (Å²) in [6.07, 6.45) is 1.50. The van der Waals surface area contributed by atoms with E-state index in [0.29, 0.717) is 30.5 Å². The van der Waals surface area contributed by atoms with E-state index in [1.54, 1.807) is 48.5 Å². The Balaban J connectivity index is 1.40. The van der Waals surface area contributed by atoms with E-state index in [4.69, 9.17) is 4.74 Å². The maximum absolute atomic E-state index is 13.0. The summed E-state index contributed by atoms with van der Waals surface area (Å²) in [5.74, 6) is 0.673. The molecule has 2 aliphatic heterocycles. The molecule has 2 saturated heterocycles. The molecule has 2 fully saturated rings. The highest BCUT2D eigenvalue weighted by atomic mass is 32.2. The number of nitrogens with one attached hydrogen (secondary N) is 1. The number of benzene rings is 2. The number of carbonyl (C=O) groups excluding carboxylic acids is 2. The second kappa shape index (κ2) is 10.1. The SMILES string of the molecule is O=C1NC(=O)C(=Cc2cc(Oc3ccccc3)nc(N3CCN(S(=O)(=O)c4ccccc4)CC3)n2)S1. The van der Waals surface area contributed by atoms with Crippen LogP contribution in [0.5, 0.6) is 11.6 Å². The number of rotatable bonds is 6. The van der Waals surface area contributed by atoms with Crippen LogP contribution in [0.2, 0.25) is 0 Å². The molecule has 2 aromatic carbocycles. The molecule has 12 heteroatoms. The Morgan fingerprint density at radius 2 is 1.58 bits per heavy atom. The van der Waals surface area contributed by atoms with Gasteiger partial charge in [-0.3, -0.25) is 14.9 Å². The molecule has 2 amide bonds. The highest BCUT2D eigenvalue weighted by Gasteiger charge is 2.30. The topological polar surface area (TPSA) is 122 Å². The number of nitrogens with zero attached hydrogens (tertiary/aromatic N) is 4. The lowest BCUT2D eigenvalue weighted by Gasteiger charge is -2.34. The fourth-order valence-electron chi connectivity index (χ4n) is 3.73. The zero-order chi connectivity index (χ0) is 25.1. The van der Waals surface area contributed by atoms with Crippen molar-refractivity contribution < 1.29 is 22.7 Å². The van der Waals surface area contributed by atoms with Gasteiger partial charge in [-0.25, -0.2) is 13.4 Å². The molecule has 0 radical (unpaired) electrons. The van der Waals surface area contributed by atoms with Crippen LogP contribution < -0.4 is 15.0 Å². The Labute approximate surface area is 212 Å². The second-order valence-electron chi connectivity index (χ2n) is 7.90. The summed E-state index contributed by atoms with van der Waals surface area (Å²) in [6, 6.07) is 19.0. The van der Waals surface area contributed by atoms with Crippen molar-refractivity contribution >= 4 is 45.0 Å². The van der Waals surface area contributed by atoms with E-state index in [-0.39, 0.29) is 28.8 Å². The molecule has 0 saturated carbocycles. The van der Waals surface area contributed by atoms with Gasteiger partial charge < -0.3 is 9.64 Å². The van der Waals surface area contributed by atoms with E-state index >= 15 is 0 Å². The molecule has 2 aliphatic rings. The number of ether oxygens (including phenoxy) is 1. The minimum Gasteiger partial charge on any atom is -0.439 e. The van der Waals surface area contributed by atoms with Crippen LogP contribution in [0.25, 0.3) is 6.08 Å². The molecule has 3 aromatic rings. The van der Waals surface area contributed by atoms with E-state index in [9.17, 15) is 18.0 Å². The normalized spacial score (nSPS) is 17.9. The molecule has 0 unspecified atom stereocenters. The number of thioether (sulfide) groups is 1. The summed E-state index contributed by atoms with van der Waals surface area (Å²) in [7, 11) is -3.60. The molecule has 36 heavy (non-hydrogen) atoms. The molecule has 0 bridgehead atoms. The van der Waals surface area contributed by atoms with Crippen molar-refractivity contribution in [1.82, 2.24) is 19.6 Å². The van der Waals surface area contributed by atoms with Crippen molar-refractivity contribution in [2.75, 3.05) is 31.1 Å². The zero-order valence-electron chi connectivity index (χ0n) is 18.9. The molecule has 1 aromatic heterocycles. The van der Waals surface area contributed by atoms with Gasteiger partial charge in [-0.15, -0.1) is 0 Å². The average molecular weight is 524 g/mol. The summed E-state index contributed by atoms with van der Waals surface area (Å²) in [6.45, 7) is 1.25. The number of para-hydroxylation sites is 1. The minimum absolute atomic E-state index is 0.217. The fraction of sp³-hybridized carbons (Fsp3) is 0.167. The van der Waals surface area contributed by atoms with Crippen molar-refractivity contribution in [1.29, 1.82) is 0 Å². The molecule has 0 spiro atoms. The third-order valence-corrected chi connectivity index (χ3v) is 8.22. The van der Waals surface area contributed by atoms with Crippen LogP contribution in [0, 0.1) is 0 Å². The van der Waals surface area contributed by atoms with E-state index in [1.165, 1.54) is 10.4 Å². The number of hydrogen-bond acceptors (Lipinski definition) is 9. The molecule has 1 N–H and O–H groups in total. The number of sulfonamides is 1. The van der Waals surface area contributed by atoms with E-state index in [0.717, 1.165) is 11.8 Å². The van der Waals surface area contributed by atoms with Crippen LogP contribution in [0.4, 0.5) is 10.7 Å². The van der Waals surface area contributed by atoms with Crippen molar-refractivity contribution in [2.45, 2.75) is 4.90 Å². The number of piperazine rings is 1. The minimum atomic E-state index is -3.60. The quantitative estimate of drug-likeness (QED) is 0.486. The van der Waals surface area contributed by atoms with Crippen molar-refractivity contribution in [3.05, 3.63) is 77.3 Å². The predicted octanol–water partition coefficient (Wildman–Crippen LogP) is 3.10.